The number of benzene rings is 2. The molecule has 0 aliphatic rings. The lowest BCUT2D eigenvalue weighted by atomic mass is 10.00. The normalized spacial score (nSPS) is 11.8. The average Bonchev–Trinajstić information content (AvgIpc) is 2.70. The number of hydrogen-bond donors (Lipinski definition) is 1. The van der Waals surface area contributed by atoms with Crippen molar-refractivity contribution < 1.29 is 4.79 Å². The maximum atomic E-state index is 12.5. The fourth-order valence-corrected chi connectivity index (χ4v) is 4.17. The molecule has 4 nitrogen and oxygen atoms in total. The van der Waals surface area contributed by atoms with Gasteiger partial charge in [0.2, 0.25) is 5.91 Å². The van der Waals surface area contributed by atoms with Crippen molar-refractivity contribution in [2.45, 2.75) is 38.8 Å². The number of carbonyl (C=O) groups excluding carboxylic acids is 1. The van der Waals surface area contributed by atoms with Gasteiger partial charge in [0.05, 0.1) is 17.4 Å². The first-order valence-electron chi connectivity index (χ1n) is 9.20. The van der Waals surface area contributed by atoms with Gasteiger partial charge in [-0.3, -0.25) is 4.79 Å². The lowest BCUT2D eigenvalue weighted by molar-refractivity contribution is -0.119. The Balaban J connectivity index is 1.72. The van der Waals surface area contributed by atoms with Crippen LogP contribution in [0.3, 0.4) is 0 Å². The quantitative estimate of drug-likeness (QED) is 0.624. The number of hydrogen-bond acceptors (Lipinski definition) is 4. The number of nitrogens with zero attached hydrogens (tertiary/aromatic N) is 2. The Kier molecular flexibility index (Phi) is 6.01. The highest BCUT2D eigenvalue weighted by Crippen LogP contribution is 2.27. The second kappa shape index (κ2) is 8.45. The molecule has 0 saturated heterocycles. The van der Waals surface area contributed by atoms with Gasteiger partial charge in [0.15, 0.2) is 0 Å². The van der Waals surface area contributed by atoms with E-state index in [4.69, 9.17) is 0 Å². The van der Waals surface area contributed by atoms with Gasteiger partial charge in [-0.05, 0) is 55.2 Å². The summed E-state index contributed by atoms with van der Waals surface area (Å²) in [7, 11) is 0. The minimum atomic E-state index is -0.107. The number of amides is 1. The molecule has 0 radical (unpaired) electrons. The average molecular weight is 390 g/mol. The maximum Gasteiger partial charge on any atom is 0.230 e. The molecule has 1 heterocycles. The van der Waals surface area contributed by atoms with Crippen LogP contribution in [0.5, 0.6) is 0 Å². The predicted molar refractivity (Wildman–Crippen MR) is 114 cm³/mol. The molecule has 1 N–H and O–H groups in total. The van der Waals surface area contributed by atoms with Crippen LogP contribution in [0.15, 0.2) is 47.5 Å². The molecular formula is C23H23N3OS. The zero-order valence-electron chi connectivity index (χ0n) is 16.5. The molecule has 3 aromatic rings. The summed E-state index contributed by atoms with van der Waals surface area (Å²) in [5.74, 6) is 0.144. The van der Waals surface area contributed by atoms with Gasteiger partial charge >= 0.3 is 0 Å². The highest BCUT2D eigenvalue weighted by atomic mass is 32.2. The summed E-state index contributed by atoms with van der Waals surface area (Å²) in [6, 6.07) is 16.4. The molecule has 0 unspecified atom stereocenters. The van der Waals surface area contributed by atoms with Crippen LogP contribution in [-0.4, -0.2) is 16.6 Å². The van der Waals surface area contributed by atoms with Crippen molar-refractivity contribution in [3.05, 3.63) is 70.4 Å². The number of nitrogens with one attached hydrogen (secondary N) is 1. The SMILES string of the molecule is Cc1nc(SCC(=O)N[C@@H](C)c2cccc3ccccc23)c(C#N)c(C)c1C. The molecule has 28 heavy (non-hydrogen) atoms. The predicted octanol–water partition coefficient (Wildman–Crippen LogP) is 5.00. The van der Waals surface area contributed by atoms with E-state index in [1.165, 1.54) is 11.8 Å². The smallest absolute Gasteiger partial charge is 0.230 e. The van der Waals surface area contributed by atoms with Crippen molar-refractivity contribution in [3.8, 4) is 6.07 Å². The highest BCUT2D eigenvalue weighted by Gasteiger charge is 2.16. The Morgan fingerprint density at radius 1 is 1.14 bits per heavy atom. The summed E-state index contributed by atoms with van der Waals surface area (Å²) in [4.78, 5) is 17.0. The Hall–Kier alpha value is -2.84. The first kappa shape index (κ1) is 19.9. The molecule has 0 spiro atoms. The van der Waals surface area contributed by atoms with Gasteiger partial charge < -0.3 is 5.32 Å². The first-order valence-corrected chi connectivity index (χ1v) is 10.2. The molecule has 1 aromatic heterocycles. The molecule has 0 saturated carbocycles. The van der Waals surface area contributed by atoms with Gasteiger partial charge in [-0.2, -0.15) is 5.26 Å². The first-order chi connectivity index (χ1) is 13.4. The molecule has 1 amide bonds. The lowest BCUT2D eigenvalue weighted by Crippen LogP contribution is -2.28. The molecule has 1 atom stereocenters. The van der Waals surface area contributed by atoms with E-state index in [1.807, 2.05) is 52.0 Å². The van der Waals surface area contributed by atoms with Gasteiger partial charge in [0.25, 0.3) is 0 Å². The number of thioether (sulfide) groups is 1. The standard InChI is InChI=1S/C23H23N3OS/c1-14-15(2)21(12-24)23(26-16(14)3)28-13-22(27)25-17(4)19-11-7-9-18-8-5-6-10-20(18)19/h5-11,17H,13H2,1-4H3,(H,25,27)/t17-/m0/s1. The van der Waals surface area contributed by atoms with Crippen molar-refractivity contribution in [2.24, 2.45) is 0 Å². The lowest BCUT2D eigenvalue weighted by Gasteiger charge is -2.17. The van der Waals surface area contributed by atoms with Crippen LogP contribution in [0.4, 0.5) is 0 Å². The number of pyridine rings is 1. The van der Waals surface area contributed by atoms with Crippen molar-refractivity contribution in [3.63, 3.8) is 0 Å². The largest absolute Gasteiger partial charge is 0.349 e. The summed E-state index contributed by atoms with van der Waals surface area (Å²) in [6.07, 6.45) is 0. The molecule has 0 aliphatic carbocycles. The van der Waals surface area contributed by atoms with E-state index < -0.39 is 0 Å². The monoisotopic (exact) mass is 389 g/mol. The van der Waals surface area contributed by atoms with Gasteiger partial charge in [-0.15, -0.1) is 0 Å². The summed E-state index contributed by atoms with van der Waals surface area (Å²) >= 11 is 1.31. The van der Waals surface area contributed by atoms with Crippen LogP contribution in [0.1, 0.15) is 40.9 Å². The summed E-state index contributed by atoms with van der Waals surface area (Å²) in [6.45, 7) is 7.81. The maximum absolute atomic E-state index is 12.5. The third-order valence-electron chi connectivity index (χ3n) is 5.08. The zero-order valence-corrected chi connectivity index (χ0v) is 17.4. The summed E-state index contributed by atoms with van der Waals surface area (Å²) < 4.78 is 0. The van der Waals surface area contributed by atoms with Crippen LogP contribution in [0, 0.1) is 32.1 Å². The minimum absolute atomic E-state index is 0.0768. The molecule has 5 heteroatoms. The molecule has 0 fully saturated rings. The van der Waals surface area contributed by atoms with Crippen molar-refractivity contribution in [1.82, 2.24) is 10.3 Å². The molecule has 0 aliphatic heterocycles. The summed E-state index contributed by atoms with van der Waals surface area (Å²) in [5, 5.41) is 15.5. The van der Waals surface area contributed by atoms with Crippen LogP contribution in [0.25, 0.3) is 10.8 Å². The second-order valence-corrected chi connectivity index (χ2v) is 7.85. The van der Waals surface area contributed by atoms with E-state index in [9.17, 15) is 10.1 Å². The van der Waals surface area contributed by atoms with E-state index in [2.05, 4.69) is 34.6 Å². The fourth-order valence-electron chi connectivity index (χ4n) is 3.27. The van der Waals surface area contributed by atoms with E-state index in [0.29, 0.717) is 10.6 Å². The molecule has 2 aromatic carbocycles. The van der Waals surface area contributed by atoms with Gasteiger partial charge in [0.1, 0.15) is 11.1 Å². The van der Waals surface area contributed by atoms with Crippen molar-refractivity contribution in [1.29, 1.82) is 5.26 Å². The van der Waals surface area contributed by atoms with Crippen LogP contribution in [0.2, 0.25) is 0 Å². The van der Waals surface area contributed by atoms with Crippen molar-refractivity contribution >= 4 is 28.4 Å². The zero-order chi connectivity index (χ0) is 20.3. The number of aromatic nitrogens is 1. The number of fused-ring (bicyclic) bond motifs is 1. The van der Waals surface area contributed by atoms with Crippen LogP contribution in [-0.2, 0) is 4.79 Å². The van der Waals surface area contributed by atoms with Gasteiger partial charge in [-0.25, -0.2) is 4.98 Å². The van der Waals surface area contributed by atoms with Crippen LogP contribution < -0.4 is 5.32 Å². The second-order valence-electron chi connectivity index (χ2n) is 6.89. The van der Waals surface area contributed by atoms with Crippen molar-refractivity contribution in [2.75, 3.05) is 5.75 Å². The third-order valence-corrected chi connectivity index (χ3v) is 6.06. The van der Waals surface area contributed by atoms with Gasteiger partial charge in [-0.1, -0.05) is 54.2 Å². The number of carbonyl (C=O) groups is 1. The summed E-state index contributed by atoms with van der Waals surface area (Å²) in [5.41, 5.74) is 4.50. The Labute approximate surface area is 170 Å². The van der Waals surface area contributed by atoms with E-state index in [1.54, 1.807) is 0 Å². The van der Waals surface area contributed by atoms with E-state index >= 15 is 0 Å². The number of aryl methyl sites for hydroxylation is 1. The molecular weight excluding hydrogens is 366 g/mol. The third kappa shape index (κ3) is 4.02. The number of nitriles is 1. The fraction of sp³-hybridized carbons (Fsp3) is 0.261. The number of rotatable bonds is 5. The van der Waals surface area contributed by atoms with E-state index in [-0.39, 0.29) is 17.7 Å². The Morgan fingerprint density at radius 2 is 1.86 bits per heavy atom. The minimum Gasteiger partial charge on any atom is -0.349 e. The highest BCUT2D eigenvalue weighted by molar-refractivity contribution is 8.00. The van der Waals surface area contributed by atoms with E-state index in [0.717, 1.165) is 33.2 Å². The Morgan fingerprint density at radius 3 is 2.61 bits per heavy atom. The van der Waals surface area contributed by atoms with Crippen LogP contribution >= 0.6 is 11.8 Å². The molecule has 3 rings (SSSR count). The Bertz CT molecular complexity index is 1080. The molecule has 142 valence electrons. The topological polar surface area (TPSA) is 65.8 Å². The molecule has 0 bridgehead atoms. The van der Waals surface area contributed by atoms with Gasteiger partial charge in [0, 0.05) is 5.69 Å².